The number of hydrogen-bond acceptors (Lipinski definition) is 7. The molecule has 8 heteroatoms. The van der Waals surface area contributed by atoms with Crippen LogP contribution in [-0.4, -0.2) is 65.8 Å². The Morgan fingerprint density at radius 2 is 2.11 bits per heavy atom. The molecule has 0 spiro atoms. The third kappa shape index (κ3) is 3.93. The Labute approximate surface area is 163 Å². The molecule has 4 rings (SSSR count). The zero-order chi connectivity index (χ0) is 19.6. The van der Waals surface area contributed by atoms with E-state index in [0.717, 1.165) is 46.9 Å². The predicted octanol–water partition coefficient (Wildman–Crippen LogP) is 2.66. The zero-order valence-corrected chi connectivity index (χ0v) is 16.4. The highest BCUT2D eigenvalue weighted by atomic mass is 16.5. The van der Waals surface area contributed by atoms with Crippen molar-refractivity contribution in [1.29, 1.82) is 0 Å². The number of benzene rings is 1. The van der Waals surface area contributed by atoms with Gasteiger partial charge in [-0.05, 0) is 32.0 Å². The summed E-state index contributed by atoms with van der Waals surface area (Å²) in [5, 5.41) is 8.51. The molecule has 28 heavy (non-hydrogen) atoms. The van der Waals surface area contributed by atoms with E-state index >= 15 is 0 Å². The van der Waals surface area contributed by atoms with Crippen molar-refractivity contribution in [2.45, 2.75) is 19.4 Å². The highest BCUT2D eigenvalue weighted by Gasteiger charge is 2.28. The summed E-state index contributed by atoms with van der Waals surface area (Å²) >= 11 is 0. The van der Waals surface area contributed by atoms with Gasteiger partial charge in [0.2, 0.25) is 0 Å². The second kappa shape index (κ2) is 7.73. The second-order valence-electron chi connectivity index (χ2n) is 7.41. The average Bonchev–Trinajstić information content (AvgIpc) is 3.11. The Hall–Kier alpha value is -2.71. The first-order chi connectivity index (χ1) is 13.6. The van der Waals surface area contributed by atoms with Gasteiger partial charge in [-0.3, -0.25) is 5.10 Å². The monoisotopic (exact) mass is 383 g/mol. The Morgan fingerprint density at radius 1 is 1.21 bits per heavy atom. The summed E-state index contributed by atoms with van der Waals surface area (Å²) in [7, 11) is 1.66. The maximum atomic E-state index is 5.81. The average molecular weight is 383 g/mol. The number of aromatic nitrogens is 4. The molecule has 1 fully saturated rings. The second-order valence-corrected chi connectivity index (χ2v) is 7.41. The molecular formula is C20H25N5O3. The smallest absolute Gasteiger partial charge is 0.132 e. The number of aromatic amines is 1. The molecule has 0 unspecified atom stereocenters. The third-order valence-electron chi connectivity index (χ3n) is 4.74. The van der Waals surface area contributed by atoms with Crippen LogP contribution in [0.15, 0.2) is 30.6 Å². The maximum Gasteiger partial charge on any atom is 0.132 e. The van der Waals surface area contributed by atoms with Crippen molar-refractivity contribution < 1.29 is 14.2 Å². The number of morpholine rings is 1. The summed E-state index contributed by atoms with van der Waals surface area (Å²) in [5.41, 5.74) is 2.29. The number of hydrogen-bond donors (Lipinski definition) is 1. The molecule has 8 nitrogen and oxygen atoms in total. The molecule has 0 aliphatic carbocycles. The molecule has 1 aliphatic rings. The van der Waals surface area contributed by atoms with Crippen LogP contribution in [0.25, 0.3) is 22.3 Å². The van der Waals surface area contributed by atoms with Crippen LogP contribution in [0.2, 0.25) is 0 Å². The lowest BCUT2D eigenvalue weighted by Crippen LogP contribution is -2.48. The van der Waals surface area contributed by atoms with Gasteiger partial charge in [-0.25, -0.2) is 9.97 Å². The molecule has 1 N–H and O–H groups in total. The quantitative estimate of drug-likeness (QED) is 0.655. The minimum absolute atomic E-state index is 0.198. The van der Waals surface area contributed by atoms with Crippen LogP contribution < -0.4 is 9.64 Å². The number of fused-ring (bicyclic) bond motifs is 1. The van der Waals surface area contributed by atoms with E-state index in [2.05, 4.69) is 38.9 Å². The fourth-order valence-electron chi connectivity index (χ4n) is 3.38. The van der Waals surface area contributed by atoms with Gasteiger partial charge < -0.3 is 19.1 Å². The van der Waals surface area contributed by atoms with Gasteiger partial charge in [0.25, 0.3) is 0 Å². The molecule has 0 saturated carbocycles. The lowest BCUT2D eigenvalue weighted by Gasteiger charge is -2.38. The number of methoxy groups -OCH3 is 1. The Morgan fingerprint density at radius 3 is 2.93 bits per heavy atom. The summed E-state index contributed by atoms with van der Waals surface area (Å²) < 4.78 is 16.6. The Bertz CT molecular complexity index is 956. The molecule has 1 aliphatic heterocycles. The van der Waals surface area contributed by atoms with Crippen LogP contribution in [-0.2, 0) is 9.47 Å². The third-order valence-corrected chi connectivity index (χ3v) is 4.74. The SMILES string of the molecule is COCCOc1ccc2[nH]nc(-c3cc(N4CCOC(C)(C)C4)ncn3)c2c1. The van der Waals surface area contributed by atoms with Gasteiger partial charge in [-0.2, -0.15) is 5.10 Å². The lowest BCUT2D eigenvalue weighted by molar-refractivity contribution is -0.0279. The van der Waals surface area contributed by atoms with Gasteiger partial charge >= 0.3 is 0 Å². The Kier molecular flexibility index (Phi) is 5.15. The van der Waals surface area contributed by atoms with E-state index in [1.54, 1.807) is 13.4 Å². The van der Waals surface area contributed by atoms with Crippen molar-refractivity contribution in [1.82, 2.24) is 20.2 Å². The fraction of sp³-hybridized carbons (Fsp3) is 0.450. The summed E-state index contributed by atoms with van der Waals surface area (Å²) in [4.78, 5) is 11.1. The van der Waals surface area contributed by atoms with Crippen LogP contribution in [0.3, 0.4) is 0 Å². The number of nitrogens with zero attached hydrogens (tertiary/aromatic N) is 4. The predicted molar refractivity (Wildman–Crippen MR) is 107 cm³/mol. The largest absolute Gasteiger partial charge is 0.491 e. The van der Waals surface area contributed by atoms with Crippen molar-refractivity contribution in [2.75, 3.05) is 44.9 Å². The van der Waals surface area contributed by atoms with E-state index in [-0.39, 0.29) is 5.60 Å². The van der Waals surface area contributed by atoms with Gasteiger partial charge in [0, 0.05) is 31.7 Å². The van der Waals surface area contributed by atoms with E-state index in [0.29, 0.717) is 19.8 Å². The van der Waals surface area contributed by atoms with Crippen LogP contribution in [0, 0.1) is 0 Å². The summed E-state index contributed by atoms with van der Waals surface area (Å²) in [6.07, 6.45) is 1.59. The van der Waals surface area contributed by atoms with Gasteiger partial charge in [0.1, 0.15) is 30.2 Å². The number of anilines is 1. The molecule has 0 radical (unpaired) electrons. The molecule has 148 valence electrons. The molecule has 0 bridgehead atoms. The number of nitrogens with one attached hydrogen (secondary N) is 1. The van der Waals surface area contributed by atoms with Gasteiger partial charge in [-0.15, -0.1) is 0 Å². The van der Waals surface area contributed by atoms with Crippen molar-refractivity contribution in [3.05, 3.63) is 30.6 Å². The maximum absolute atomic E-state index is 5.81. The van der Waals surface area contributed by atoms with Crippen molar-refractivity contribution >= 4 is 16.7 Å². The number of H-pyrrole nitrogens is 1. The molecule has 0 amide bonds. The molecule has 3 aromatic rings. The van der Waals surface area contributed by atoms with Gasteiger partial charge in [-0.1, -0.05) is 0 Å². The van der Waals surface area contributed by atoms with E-state index in [1.165, 1.54) is 0 Å². The normalized spacial score (nSPS) is 16.5. The standard InChI is InChI=1S/C20H25N5O3/c1-20(2)12-25(6-7-28-20)18-11-17(21-13-22-18)19-15-10-14(27-9-8-26-3)4-5-16(15)23-24-19/h4-5,10-11,13H,6-9,12H2,1-3H3,(H,23,24). The first-order valence-electron chi connectivity index (χ1n) is 9.37. The molecule has 0 atom stereocenters. The van der Waals surface area contributed by atoms with E-state index in [4.69, 9.17) is 14.2 Å². The molecule has 3 heterocycles. The van der Waals surface area contributed by atoms with E-state index < -0.39 is 0 Å². The molecule has 2 aromatic heterocycles. The van der Waals surface area contributed by atoms with Crippen molar-refractivity contribution in [2.24, 2.45) is 0 Å². The minimum atomic E-state index is -0.198. The summed E-state index contributed by atoms with van der Waals surface area (Å²) in [6.45, 7) is 7.49. The number of ether oxygens (including phenoxy) is 3. The molecule has 1 saturated heterocycles. The summed E-state index contributed by atoms with van der Waals surface area (Å²) in [6, 6.07) is 7.83. The summed E-state index contributed by atoms with van der Waals surface area (Å²) in [5.74, 6) is 1.65. The number of rotatable bonds is 6. The van der Waals surface area contributed by atoms with Crippen LogP contribution in [0.1, 0.15) is 13.8 Å². The fourth-order valence-corrected chi connectivity index (χ4v) is 3.38. The minimum Gasteiger partial charge on any atom is -0.491 e. The lowest BCUT2D eigenvalue weighted by atomic mass is 10.1. The van der Waals surface area contributed by atoms with Crippen LogP contribution >= 0.6 is 0 Å². The molecule has 1 aromatic carbocycles. The first-order valence-corrected chi connectivity index (χ1v) is 9.37. The van der Waals surface area contributed by atoms with Gasteiger partial charge in [0.15, 0.2) is 0 Å². The van der Waals surface area contributed by atoms with Crippen LogP contribution in [0.4, 0.5) is 5.82 Å². The highest BCUT2D eigenvalue weighted by Crippen LogP contribution is 2.30. The van der Waals surface area contributed by atoms with Crippen molar-refractivity contribution in [3.63, 3.8) is 0 Å². The Balaban J connectivity index is 1.63. The first kappa shape index (κ1) is 18.6. The topological polar surface area (TPSA) is 85.4 Å². The van der Waals surface area contributed by atoms with E-state index in [9.17, 15) is 0 Å². The molecular weight excluding hydrogens is 358 g/mol. The highest BCUT2D eigenvalue weighted by molar-refractivity contribution is 5.93. The van der Waals surface area contributed by atoms with Crippen molar-refractivity contribution in [3.8, 4) is 17.1 Å². The zero-order valence-electron chi connectivity index (χ0n) is 16.4. The van der Waals surface area contributed by atoms with E-state index in [1.807, 2.05) is 24.3 Å². The van der Waals surface area contributed by atoms with Gasteiger partial charge in [0.05, 0.1) is 30.0 Å². The van der Waals surface area contributed by atoms with Crippen LogP contribution in [0.5, 0.6) is 5.75 Å².